The molecule has 2 aromatic rings. The molecular formula is C15H17ClN4O2. The number of anilines is 2. The summed E-state index contributed by atoms with van der Waals surface area (Å²) in [5.74, 6) is 0.750. The van der Waals surface area contributed by atoms with Crippen LogP contribution in [0.2, 0.25) is 5.02 Å². The lowest BCUT2D eigenvalue weighted by Crippen LogP contribution is -2.16. The van der Waals surface area contributed by atoms with Gasteiger partial charge in [-0.1, -0.05) is 11.6 Å². The minimum Gasteiger partial charge on any atom is -0.495 e. The second-order valence-electron chi connectivity index (χ2n) is 4.88. The van der Waals surface area contributed by atoms with Crippen LogP contribution in [0, 0.1) is 0 Å². The second kappa shape index (κ2) is 7.09. The lowest BCUT2D eigenvalue weighted by molar-refractivity contribution is 0.102. The summed E-state index contributed by atoms with van der Waals surface area (Å²) in [5.41, 5.74) is 0.683. The van der Waals surface area contributed by atoms with Gasteiger partial charge >= 0.3 is 0 Å². The number of hydrogen-bond acceptors (Lipinski definition) is 5. The molecule has 6 nitrogen and oxygen atoms in total. The van der Waals surface area contributed by atoms with Crippen LogP contribution in [0.3, 0.4) is 0 Å². The van der Waals surface area contributed by atoms with Crippen LogP contribution in [-0.4, -0.2) is 29.0 Å². The van der Waals surface area contributed by atoms with E-state index in [4.69, 9.17) is 16.3 Å². The Morgan fingerprint density at radius 1 is 1.27 bits per heavy atom. The maximum atomic E-state index is 12.2. The molecule has 2 rings (SSSR count). The maximum Gasteiger partial charge on any atom is 0.275 e. The third-order valence-corrected chi connectivity index (χ3v) is 2.97. The van der Waals surface area contributed by atoms with E-state index < -0.39 is 0 Å². The molecule has 0 aliphatic heterocycles. The van der Waals surface area contributed by atoms with Crippen LogP contribution in [0.5, 0.6) is 5.75 Å². The van der Waals surface area contributed by atoms with E-state index >= 15 is 0 Å². The normalized spacial score (nSPS) is 10.4. The van der Waals surface area contributed by atoms with Crippen molar-refractivity contribution in [3.63, 3.8) is 0 Å². The molecule has 1 amide bonds. The summed E-state index contributed by atoms with van der Waals surface area (Å²) in [5, 5.41) is 6.31. The van der Waals surface area contributed by atoms with Crippen molar-refractivity contribution in [2.24, 2.45) is 0 Å². The fourth-order valence-corrected chi connectivity index (χ4v) is 1.95. The Kier molecular flexibility index (Phi) is 5.16. The first-order chi connectivity index (χ1) is 10.5. The number of rotatable bonds is 5. The van der Waals surface area contributed by atoms with E-state index in [1.165, 1.54) is 19.5 Å². The molecule has 0 spiro atoms. The quantitative estimate of drug-likeness (QED) is 0.884. The van der Waals surface area contributed by atoms with Crippen molar-refractivity contribution in [1.29, 1.82) is 0 Å². The number of hydrogen-bond donors (Lipinski definition) is 2. The SMILES string of the molecule is COc1ccc(Cl)cc1NC(=O)c1cnc(NC(C)C)cn1. The van der Waals surface area contributed by atoms with Crippen LogP contribution < -0.4 is 15.4 Å². The van der Waals surface area contributed by atoms with E-state index in [2.05, 4.69) is 20.6 Å². The summed E-state index contributed by atoms with van der Waals surface area (Å²) >= 11 is 5.93. The van der Waals surface area contributed by atoms with E-state index in [9.17, 15) is 4.79 Å². The number of aromatic nitrogens is 2. The predicted molar refractivity (Wildman–Crippen MR) is 86.7 cm³/mol. The lowest BCUT2D eigenvalue weighted by Gasteiger charge is -2.11. The zero-order chi connectivity index (χ0) is 16.1. The number of carbonyl (C=O) groups is 1. The molecule has 7 heteroatoms. The van der Waals surface area contributed by atoms with Crippen molar-refractivity contribution in [2.45, 2.75) is 19.9 Å². The number of ether oxygens (including phenoxy) is 1. The highest BCUT2D eigenvalue weighted by molar-refractivity contribution is 6.31. The van der Waals surface area contributed by atoms with Crippen molar-refractivity contribution in [1.82, 2.24) is 9.97 Å². The number of nitrogens with zero attached hydrogens (tertiary/aromatic N) is 2. The monoisotopic (exact) mass is 320 g/mol. The number of benzene rings is 1. The zero-order valence-corrected chi connectivity index (χ0v) is 13.3. The Morgan fingerprint density at radius 2 is 2.05 bits per heavy atom. The summed E-state index contributed by atoms with van der Waals surface area (Å²) in [6.45, 7) is 3.99. The summed E-state index contributed by atoms with van der Waals surface area (Å²) < 4.78 is 5.18. The Hall–Kier alpha value is -2.34. The molecule has 1 heterocycles. The number of amides is 1. The van der Waals surface area contributed by atoms with Gasteiger partial charge in [0.1, 0.15) is 17.3 Å². The molecule has 0 aliphatic rings. The first kappa shape index (κ1) is 16.0. The van der Waals surface area contributed by atoms with E-state index in [1.807, 2.05) is 13.8 Å². The largest absolute Gasteiger partial charge is 0.495 e. The summed E-state index contributed by atoms with van der Waals surface area (Å²) in [4.78, 5) is 20.4. The number of methoxy groups -OCH3 is 1. The van der Waals surface area contributed by atoms with Gasteiger partial charge < -0.3 is 15.4 Å². The molecule has 22 heavy (non-hydrogen) atoms. The molecule has 0 bridgehead atoms. The molecule has 0 fully saturated rings. The molecule has 116 valence electrons. The average Bonchev–Trinajstić information content (AvgIpc) is 2.47. The van der Waals surface area contributed by atoms with E-state index in [1.54, 1.807) is 18.2 Å². The van der Waals surface area contributed by atoms with Crippen LogP contribution in [-0.2, 0) is 0 Å². The van der Waals surface area contributed by atoms with Crippen LogP contribution in [0.1, 0.15) is 24.3 Å². The van der Waals surface area contributed by atoms with Crippen LogP contribution in [0.25, 0.3) is 0 Å². The Labute approximate surface area is 133 Å². The number of halogens is 1. The molecular weight excluding hydrogens is 304 g/mol. The number of carbonyl (C=O) groups excluding carboxylic acids is 1. The van der Waals surface area contributed by atoms with Crippen LogP contribution >= 0.6 is 11.6 Å². The Bertz CT molecular complexity index is 659. The third kappa shape index (κ3) is 4.08. The summed E-state index contributed by atoms with van der Waals surface area (Å²) in [6, 6.07) is 5.21. The lowest BCUT2D eigenvalue weighted by atomic mass is 10.2. The van der Waals surface area contributed by atoms with Gasteiger partial charge in [-0.2, -0.15) is 0 Å². The second-order valence-corrected chi connectivity index (χ2v) is 5.32. The number of nitrogens with one attached hydrogen (secondary N) is 2. The fraction of sp³-hybridized carbons (Fsp3) is 0.267. The average molecular weight is 321 g/mol. The molecule has 1 aromatic carbocycles. The zero-order valence-electron chi connectivity index (χ0n) is 12.6. The first-order valence-electron chi connectivity index (χ1n) is 6.73. The predicted octanol–water partition coefficient (Wildman–Crippen LogP) is 3.21. The van der Waals surface area contributed by atoms with E-state index in [-0.39, 0.29) is 17.6 Å². The van der Waals surface area contributed by atoms with Crippen molar-refractivity contribution >= 4 is 29.0 Å². The third-order valence-electron chi connectivity index (χ3n) is 2.73. The van der Waals surface area contributed by atoms with Gasteiger partial charge in [0.15, 0.2) is 0 Å². The minimum atomic E-state index is -0.385. The Balaban J connectivity index is 2.14. The molecule has 0 saturated carbocycles. The van der Waals surface area contributed by atoms with E-state index in [0.717, 1.165) is 0 Å². The van der Waals surface area contributed by atoms with Gasteiger partial charge in [0.2, 0.25) is 0 Å². The molecule has 0 saturated heterocycles. The molecule has 0 atom stereocenters. The van der Waals surface area contributed by atoms with Gasteiger partial charge in [0, 0.05) is 11.1 Å². The fourth-order valence-electron chi connectivity index (χ4n) is 1.78. The maximum absolute atomic E-state index is 12.2. The summed E-state index contributed by atoms with van der Waals surface area (Å²) in [6.07, 6.45) is 2.93. The van der Waals surface area contributed by atoms with Gasteiger partial charge in [-0.25, -0.2) is 9.97 Å². The van der Waals surface area contributed by atoms with Gasteiger partial charge in [-0.15, -0.1) is 0 Å². The van der Waals surface area contributed by atoms with Crippen molar-refractivity contribution < 1.29 is 9.53 Å². The van der Waals surface area contributed by atoms with Crippen LogP contribution in [0.4, 0.5) is 11.5 Å². The van der Waals surface area contributed by atoms with Gasteiger partial charge in [0.25, 0.3) is 5.91 Å². The van der Waals surface area contributed by atoms with Crippen molar-refractivity contribution in [3.8, 4) is 5.75 Å². The first-order valence-corrected chi connectivity index (χ1v) is 7.11. The van der Waals surface area contributed by atoms with Gasteiger partial charge in [-0.05, 0) is 32.0 Å². The Morgan fingerprint density at radius 3 is 2.64 bits per heavy atom. The molecule has 1 aromatic heterocycles. The van der Waals surface area contributed by atoms with E-state index in [0.29, 0.717) is 22.3 Å². The minimum absolute atomic E-state index is 0.205. The molecule has 0 radical (unpaired) electrons. The van der Waals surface area contributed by atoms with Gasteiger partial charge in [0.05, 0.1) is 25.2 Å². The van der Waals surface area contributed by atoms with Crippen LogP contribution in [0.15, 0.2) is 30.6 Å². The highest BCUT2D eigenvalue weighted by Crippen LogP contribution is 2.27. The molecule has 0 aliphatic carbocycles. The summed E-state index contributed by atoms with van der Waals surface area (Å²) in [7, 11) is 1.52. The van der Waals surface area contributed by atoms with Crippen molar-refractivity contribution in [3.05, 3.63) is 41.3 Å². The highest BCUT2D eigenvalue weighted by atomic mass is 35.5. The standard InChI is InChI=1S/C15H17ClN4O2/c1-9(2)19-14-8-17-12(7-18-14)15(21)20-11-6-10(16)4-5-13(11)22-3/h4-9H,1-3H3,(H,18,19)(H,20,21). The highest BCUT2D eigenvalue weighted by Gasteiger charge is 2.12. The molecule has 0 unspecified atom stereocenters. The van der Waals surface area contributed by atoms with Gasteiger partial charge in [-0.3, -0.25) is 4.79 Å². The molecule has 2 N–H and O–H groups in total. The smallest absolute Gasteiger partial charge is 0.275 e. The topological polar surface area (TPSA) is 76.1 Å². The van der Waals surface area contributed by atoms with Crippen molar-refractivity contribution in [2.75, 3.05) is 17.7 Å².